The number of nitrogens with zero attached hydrogens (tertiary/aromatic N) is 4. The minimum Gasteiger partial charge on any atom is -0.212 e. The van der Waals surface area contributed by atoms with Crippen LogP contribution in [0.25, 0.3) is 17.8 Å². The third kappa shape index (κ3) is 3.14. The summed E-state index contributed by atoms with van der Waals surface area (Å²) in [4.78, 5) is 0. The fourth-order valence-electron chi connectivity index (χ4n) is 2.04. The van der Waals surface area contributed by atoms with Gasteiger partial charge in [0, 0.05) is 0 Å². The molecular formula is C17H10F2N4. The number of hydrogen-bond donors (Lipinski definition) is 0. The Hall–Kier alpha value is -3.33. The summed E-state index contributed by atoms with van der Waals surface area (Å²) in [7, 11) is 0. The summed E-state index contributed by atoms with van der Waals surface area (Å²) >= 11 is 0. The minimum atomic E-state index is -0.363. The smallest absolute Gasteiger partial charge is 0.190 e. The van der Waals surface area contributed by atoms with E-state index >= 15 is 0 Å². The number of rotatable bonds is 3. The molecule has 0 saturated heterocycles. The molecule has 1 heterocycles. The van der Waals surface area contributed by atoms with Crippen LogP contribution in [0.4, 0.5) is 8.78 Å². The van der Waals surface area contributed by atoms with Gasteiger partial charge in [0.2, 0.25) is 0 Å². The Morgan fingerprint density at radius 3 is 2.13 bits per heavy atom. The molecule has 0 aliphatic rings. The normalized spacial score (nSPS) is 10.8. The van der Waals surface area contributed by atoms with Crippen molar-refractivity contribution in [1.29, 1.82) is 5.26 Å². The summed E-state index contributed by atoms with van der Waals surface area (Å²) in [5.41, 5.74) is 1.96. The highest BCUT2D eigenvalue weighted by Gasteiger charge is 2.11. The summed E-state index contributed by atoms with van der Waals surface area (Å²) in [6.45, 7) is 0. The number of hydrogen-bond acceptors (Lipinski definition) is 3. The van der Waals surface area contributed by atoms with Crippen LogP contribution in [0.3, 0.4) is 0 Å². The highest BCUT2D eigenvalue weighted by atomic mass is 19.1. The van der Waals surface area contributed by atoms with Crippen LogP contribution in [0, 0.1) is 23.0 Å². The zero-order chi connectivity index (χ0) is 16.2. The summed E-state index contributed by atoms with van der Waals surface area (Å²) in [5, 5.41) is 16.9. The fourth-order valence-corrected chi connectivity index (χ4v) is 2.04. The number of benzene rings is 2. The fraction of sp³-hybridized carbons (Fsp3) is 0. The molecule has 0 aliphatic heterocycles. The molecule has 4 nitrogen and oxygen atoms in total. The Balaban J connectivity index is 2.01. The molecule has 0 amide bonds. The minimum absolute atomic E-state index is 0.146. The Labute approximate surface area is 130 Å². The second-order valence-corrected chi connectivity index (χ2v) is 4.71. The SMILES string of the molecule is N#Cc1nnn(-c2ccc(F)cc2)c1/C=C/c1ccc(F)cc1. The third-order valence-electron chi connectivity index (χ3n) is 3.19. The highest BCUT2D eigenvalue weighted by molar-refractivity contribution is 5.70. The quantitative estimate of drug-likeness (QED) is 0.743. The van der Waals surface area contributed by atoms with E-state index in [0.717, 1.165) is 5.56 Å². The summed E-state index contributed by atoms with van der Waals surface area (Å²) in [6, 6.07) is 13.6. The van der Waals surface area contributed by atoms with Gasteiger partial charge in [0.25, 0.3) is 0 Å². The van der Waals surface area contributed by atoms with Gasteiger partial charge in [0.1, 0.15) is 23.4 Å². The number of halogens is 2. The summed E-state index contributed by atoms with van der Waals surface area (Å²) in [6.07, 6.45) is 3.38. The van der Waals surface area contributed by atoms with Crippen LogP contribution in [0.15, 0.2) is 48.5 Å². The lowest BCUT2D eigenvalue weighted by Crippen LogP contribution is -1.99. The van der Waals surface area contributed by atoms with E-state index in [1.54, 1.807) is 36.4 Å². The zero-order valence-corrected chi connectivity index (χ0v) is 11.8. The van der Waals surface area contributed by atoms with Gasteiger partial charge in [-0.05, 0) is 48.0 Å². The van der Waals surface area contributed by atoms with Crippen LogP contribution < -0.4 is 0 Å². The Morgan fingerprint density at radius 2 is 1.52 bits per heavy atom. The third-order valence-corrected chi connectivity index (χ3v) is 3.19. The first-order chi connectivity index (χ1) is 11.2. The standard InChI is InChI=1S/C17H10F2N4/c18-13-4-1-12(2-5-13)3-10-17-16(11-20)21-22-23(17)15-8-6-14(19)7-9-15/h1-10H/b10-3+. The molecule has 0 spiro atoms. The van der Waals surface area contributed by atoms with Crippen LogP contribution in [0.2, 0.25) is 0 Å². The molecule has 112 valence electrons. The van der Waals surface area contributed by atoms with E-state index in [-0.39, 0.29) is 17.3 Å². The van der Waals surface area contributed by atoms with Crippen LogP contribution in [-0.2, 0) is 0 Å². The zero-order valence-electron chi connectivity index (χ0n) is 11.8. The molecule has 1 aromatic heterocycles. The van der Waals surface area contributed by atoms with Gasteiger partial charge in [-0.3, -0.25) is 0 Å². The van der Waals surface area contributed by atoms with Gasteiger partial charge in [0.15, 0.2) is 5.69 Å². The van der Waals surface area contributed by atoms with Crippen molar-refractivity contribution in [3.63, 3.8) is 0 Å². The van der Waals surface area contributed by atoms with E-state index in [2.05, 4.69) is 10.3 Å². The van der Waals surface area contributed by atoms with Crippen molar-refractivity contribution in [3.8, 4) is 11.8 Å². The lowest BCUT2D eigenvalue weighted by atomic mass is 10.2. The van der Waals surface area contributed by atoms with E-state index in [9.17, 15) is 8.78 Å². The molecule has 3 aromatic rings. The molecule has 2 aromatic carbocycles. The van der Waals surface area contributed by atoms with Crippen LogP contribution >= 0.6 is 0 Å². The number of aromatic nitrogens is 3. The van der Waals surface area contributed by atoms with Crippen molar-refractivity contribution in [2.24, 2.45) is 0 Å². The van der Waals surface area contributed by atoms with E-state index in [1.165, 1.54) is 28.9 Å². The van der Waals surface area contributed by atoms with E-state index in [1.807, 2.05) is 6.07 Å². The van der Waals surface area contributed by atoms with Crippen molar-refractivity contribution >= 4 is 12.2 Å². The maximum absolute atomic E-state index is 13.0. The van der Waals surface area contributed by atoms with Gasteiger partial charge >= 0.3 is 0 Å². The molecule has 0 fully saturated rings. The largest absolute Gasteiger partial charge is 0.212 e. The molecule has 0 atom stereocenters. The molecule has 0 aliphatic carbocycles. The van der Waals surface area contributed by atoms with Crippen molar-refractivity contribution in [2.75, 3.05) is 0 Å². The van der Waals surface area contributed by atoms with Gasteiger partial charge in [0.05, 0.1) is 5.69 Å². The van der Waals surface area contributed by atoms with Gasteiger partial charge in [-0.25, -0.2) is 13.5 Å². The second-order valence-electron chi connectivity index (χ2n) is 4.71. The van der Waals surface area contributed by atoms with Crippen LogP contribution in [0.5, 0.6) is 0 Å². The van der Waals surface area contributed by atoms with Gasteiger partial charge in [-0.1, -0.05) is 23.4 Å². The van der Waals surface area contributed by atoms with E-state index in [4.69, 9.17) is 5.26 Å². The van der Waals surface area contributed by atoms with E-state index in [0.29, 0.717) is 11.4 Å². The first-order valence-electron chi connectivity index (χ1n) is 6.73. The second kappa shape index (κ2) is 6.20. The molecular weight excluding hydrogens is 298 g/mol. The Bertz CT molecular complexity index is 888. The highest BCUT2D eigenvalue weighted by Crippen LogP contribution is 2.16. The van der Waals surface area contributed by atoms with Gasteiger partial charge in [-0.15, -0.1) is 5.10 Å². The molecule has 0 unspecified atom stereocenters. The van der Waals surface area contributed by atoms with Crippen LogP contribution in [-0.4, -0.2) is 15.0 Å². The van der Waals surface area contributed by atoms with Crippen molar-refractivity contribution in [3.05, 3.63) is 77.1 Å². The predicted octanol–water partition coefficient (Wildman–Crippen LogP) is 3.59. The van der Waals surface area contributed by atoms with Gasteiger partial charge < -0.3 is 0 Å². The molecule has 0 radical (unpaired) electrons. The van der Waals surface area contributed by atoms with Crippen molar-refractivity contribution in [1.82, 2.24) is 15.0 Å². The predicted molar refractivity (Wildman–Crippen MR) is 81.4 cm³/mol. The van der Waals surface area contributed by atoms with E-state index < -0.39 is 0 Å². The Morgan fingerprint density at radius 1 is 0.913 bits per heavy atom. The number of nitriles is 1. The summed E-state index contributed by atoms with van der Waals surface area (Å²) < 4.78 is 27.4. The average molecular weight is 308 g/mol. The lowest BCUT2D eigenvalue weighted by molar-refractivity contribution is 0.626. The van der Waals surface area contributed by atoms with Crippen molar-refractivity contribution in [2.45, 2.75) is 0 Å². The molecule has 0 N–H and O–H groups in total. The first kappa shape index (κ1) is 14.6. The molecule has 3 rings (SSSR count). The molecule has 0 bridgehead atoms. The van der Waals surface area contributed by atoms with Gasteiger partial charge in [-0.2, -0.15) is 5.26 Å². The first-order valence-corrected chi connectivity index (χ1v) is 6.73. The summed E-state index contributed by atoms with van der Waals surface area (Å²) in [5.74, 6) is -0.685. The molecule has 0 saturated carbocycles. The van der Waals surface area contributed by atoms with Crippen LogP contribution in [0.1, 0.15) is 17.0 Å². The molecule has 23 heavy (non-hydrogen) atoms. The lowest BCUT2D eigenvalue weighted by Gasteiger charge is -2.03. The average Bonchev–Trinajstić information content (AvgIpc) is 2.98. The Kier molecular flexibility index (Phi) is 3.93. The topological polar surface area (TPSA) is 54.5 Å². The monoisotopic (exact) mass is 308 g/mol. The maximum atomic E-state index is 13.0. The maximum Gasteiger partial charge on any atom is 0.190 e. The van der Waals surface area contributed by atoms with Crippen molar-refractivity contribution < 1.29 is 8.78 Å². The molecule has 6 heteroatoms.